The Hall–Kier alpha value is -1.96. The number of aromatic carboxylic acids is 1. The topological polar surface area (TPSA) is 93.8 Å². The average Bonchev–Trinajstić information content (AvgIpc) is 2.70. The Balaban J connectivity index is 2.66. The van der Waals surface area contributed by atoms with Crippen molar-refractivity contribution in [3.8, 4) is 0 Å². The first kappa shape index (κ1) is 12.5. The quantitative estimate of drug-likeness (QED) is 0.860. The molecule has 0 aliphatic heterocycles. The first-order chi connectivity index (χ1) is 8.54. The van der Waals surface area contributed by atoms with Crippen LogP contribution in [0.4, 0.5) is 0 Å². The number of esters is 1. The van der Waals surface area contributed by atoms with Gasteiger partial charge in [0, 0.05) is 6.07 Å². The third-order valence-electron chi connectivity index (χ3n) is 2.13. The lowest BCUT2D eigenvalue weighted by Crippen LogP contribution is -2.13. The lowest BCUT2D eigenvalue weighted by molar-refractivity contribution is 0.0519. The van der Waals surface area contributed by atoms with Crippen LogP contribution in [0.15, 0.2) is 16.7 Å². The number of hydrogen-bond acceptors (Lipinski definition) is 5. The van der Waals surface area contributed by atoms with Crippen molar-refractivity contribution in [3.05, 3.63) is 28.1 Å². The van der Waals surface area contributed by atoms with Crippen molar-refractivity contribution in [3.63, 3.8) is 0 Å². The number of carbonyl (C=O) groups excluding carboxylic acids is 1. The molecule has 0 spiro atoms. The summed E-state index contributed by atoms with van der Waals surface area (Å²) in [6.07, 6.45) is 1.41. The van der Waals surface area contributed by atoms with Crippen LogP contribution in [-0.2, 0) is 4.74 Å². The minimum atomic E-state index is -1.21. The molecule has 2 aromatic rings. The van der Waals surface area contributed by atoms with Gasteiger partial charge in [-0.05, 0) is 22.9 Å². The van der Waals surface area contributed by atoms with E-state index < -0.39 is 11.9 Å². The molecule has 0 atom stereocenters. The zero-order valence-electron chi connectivity index (χ0n) is 9.25. The summed E-state index contributed by atoms with van der Waals surface area (Å²) in [4.78, 5) is 26.7. The Morgan fingerprint density at radius 3 is 2.89 bits per heavy atom. The van der Waals surface area contributed by atoms with E-state index in [1.807, 2.05) is 0 Å². The average molecular weight is 314 g/mol. The third-order valence-corrected chi connectivity index (χ3v) is 2.69. The van der Waals surface area contributed by atoms with E-state index in [4.69, 9.17) is 9.84 Å². The van der Waals surface area contributed by atoms with E-state index in [1.165, 1.54) is 6.20 Å². The second kappa shape index (κ2) is 4.73. The van der Waals surface area contributed by atoms with Crippen LogP contribution in [0.1, 0.15) is 27.9 Å². The predicted molar refractivity (Wildman–Crippen MR) is 63.6 cm³/mol. The highest BCUT2D eigenvalue weighted by molar-refractivity contribution is 9.10. The highest BCUT2D eigenvalue weighted by Gasteiger charge is 2.19. The van der Waals surface area contributed by atoms with Gasteiger partial charge >= 0.3 is 11.9 Å². The Labute approximate surface area is 110 Å². The molecule has 0 bridgehead atoms. The monoisotopic (exact) mass is 313 g/mol. The van der Waals surface area contributed by atoms with Crippen LogP contribution in [-0.4, -0.2) is 38.3 Å². The van der Waals surface area contributed by atoms with Crippen LogP contribution in [0.2, 0.25) is 0 Å². The molecule has 0 aromatic carbocycles. The van der Waals surface area contributed by atoms with Crippen LogP contribution in [0.5, 0.6) is 0 Å². The van der Waals surface area contributed by atoms with E-state index in [0.29, 0.717) is 4.47 Å². The van der Waals surface area contributed by atoms with Gasteiger partial charge in [-0.3, -0.25) is 0 Å². The number of ether oxygens (including phenoxy) is 1. The van der Waals surface area contributed by atoms with Gasteiger partial charge in [0.15, 0.2) is 17.0 Å². The molecular weight excluding hydrogens is 306 g/mol. The molecule has 0 saturated heterocycles. The fraction of sp³-hybridized carbons (Fsp3) is 0.200. The molecule has 0 saturated carbocycles. The number of aromatic nitrogens is 3. The van der Waals surface area contributed by atoms with Crippen molar-refractivity contribution in [1.29, 1.82) is 0 Å². The Bertz CT molecular complexity index is 637. The van der Waals surface area contributed by atoms with Gasteiger partial charge in [-0.2, -0.15) is 5.10 Å². The summed E-state index contributed by atoms with van der Waals surface area (Å²) < 4.78 is 6.42. The zero-order valence-corrected chi connectivity index (χ0v) is 10.8. The molecular formula is C10H8BrN3O4. The smallest absolute Gasteiger partial charge is 0.357 e. The van der Waals surface area contributed by atoms with Crippen molar-refractivity contribution in [2.24, 2.45) is 0 Å². The second-order valence-electron chi connectivity index (χ2n) is 3.28. The van der Waals surface area contributed by atoms with Gasteiger partial charge in [0.05, 0.1) is 17.3 Å². The van der Waals surface area contributed by atoms with Crippen molar-refractivity contribution >= 4 is 33.5 Å². The normalized spacial score (nSPS) is 10.6. The summed E-state index contributed by atoms with van der Waals surface area (Å²) in [6.45, 7) is 1.85. The van der Waals surface area contributed by atoms with Gasteiger partial charge in [0.25, 0.3) is 0 Å². The van der Waals surface area contributed by atoms with Gasteiger partial charge < -0.3 is 9.84 Å². The Kier molecular flexibility index (Phi) is 3.28. The van der Waals surface area contributed by atoms with Gasteiger partial charge in [-0.25, -0.2) is 19.1 Å². The summed E-state index contributed by atoms with van der Waals surface area (Å²) in [6, 6.07) is 1.13. The number of rotatable bonds is 3. The largest absolute Gasteiger partial charge is 0.477 e. The molecule has 2 heterocycles. The number of hydrogen-bond donors (Lipinski definition) is 1. The van der Waals surface area contributed by atoms with Crippen LogP contribution < -0.4 is 0 Å². The van der Waals surface area contributed by atoms with Crippen LogP contribution >= 0.6 is 15.9 Å². The van der Waals surface area contributed by atoms with Crippen molar-refractivity contribution in [1.82, 2.24) is 14.6 Å². The van der Waals surface area contributed by atoms with Gasteiger partial charge in [0.2, 0.25) is 0 Å². The van der Waals surface area contributed by atoms with E-state index in [0.717, 1.165) is 10.6 Å². The number of nitrogens with zero attached hydrogens (tertiary/aromatic N) is 3. The molecule has 8 heteroatoms. The molecule has 2 rings (SSSR count). The lowest BCUT2D eigenvalue weighted by Gasteiger charge is -2.04. The first-order valence-electron chi connectivity index (χ1n) is 4.99. The third kappa shape index (κ3) is 2.06. The number of carboxylic acid groups (broad SMARTS) is 1. The maximum atomic E-state index is 11.6. The van der Waals surface area contributed by atoms with E-state index in [9.17, 15) is 9.59 Å². The molecule has 7 nitrogen and oxygen atoms in total. The predicted octanol–water partition coefficient (Wildman–Crippen LogP) is 1.37. The number of carbonyl (C=O) groups is 2. The van der Waals surface area contributed by atoms with Crippen molar-refractivity contribution in [2.75, 3.05) is 6.61 Å². The van der Waals surface area contributed by atoms with Crippen LogP contribution in [0.25, 0.3) is 5.65 Å². The highest BCUT2D eigenvalue weighted by atomic mass is 79.9. The lowest BCUT2D eigenvalue weighted by atomic mass is 10.3. The summed E-state index contributed by atoms with van der Waals surface area (Å²) in [5.74, 6) is -1.88. The zero-order chi connectivity index (χ0) is 13.3. The van der Waals surface area contributed by atoms with Gasteiger partial charge in [-0.15, -0.1) is 0 Å². The molecule has 18 heavy (non-hydrogen) atoms. The molecule has 94 valence electrons. The van der Waals surface area contributed by atoms with Crippen LogP contribution in [0, 0.1) is 0 Å². The summed E-state index contributed by atoms with van der Waals surface area (Å²) in [7, 11) is 0. The molecule has 0 unspecified atom stereocenters. The molecule has 0 aliphatic carbocycles. The van der Waals surface area contributed by atoms with E-state index in [-0.39, 0.29) is 23.6 Å². The molecule has 0 radical (unpaired) electrons. The summed E-state index contributed by atoms with van der Waals surface area (Å²) in [5.41, 5.74) is 0.0228. The molecule has 0 fully saturated rings. The number of fused-ring (bicyclic) bond motifs is 1. The van der Waals surface area contributed by atoms with E-state index in [1.54, 1.807) is 6.92 Å². The van der Waals surface area contributed by atoms with Crippen molar-refractivity contribution < 1.29 is 19.4 Å². The fourth-order valence-electron chi connectivity index (χ4n) is 1.40. The summed E-state index contributed by atoms with van der Waals surface area (Å²) >= 11 is 3.18. The van der Waals surface area contributed by atoms with Crippen LogP contribution in [0.3, 0.4) is 0 Å². The SMILES string of the molecule is CCOC(=O)c1cc(C(=O)O)n2ncc(Br)c2n1. The minimum Gasteiger partial charge on any atom is -0.477 e. The van der Waals surface area contributed by atoms with E-state index in [2.05, 4.69) is 26.0 Å². The highest BCUT2D eigenvalue weighted by Crippen LogP contribution is 2.18. The number of halogens is 1. The second-order valence-corrected chi connectivity index (χ2v) is 4.13. The standard InChI is InChI=1S/C10H8BrN3O4/c1-2-18-10(17)6-3-7(9(15)16)14-8(13-6)5(11)4-12-14/h3-4H,2H2,1H3,(H,15,16). The van der Waals surface area contributed by atoms with Gasteiger partial charge in [0.1, 0.15) is 0 Å². The Morgan fingerprint density at radius 1 is 1.56 bits per heavy atom. The van der Waals surface area contributed by atoms with Gasteiger partial charge in [-0.1, -0.05) is 0 Å². The molecule has 0 amide bonds. The first-order valence-corrected chi connectivity index (χ1v) is 5.78. The minimum absolute atomic E-state index is 0.0667. The Morgan fingerprint density at radius 2 is 2.28 bits per heavy atom. The molecule has 0 aliphatic rings. The maximum absolute atomic E-state index is 11.6. The summed E-state index contributed by atoms with van der Waals surface area (Å²) in [5, 5.41) is 12.9. The molecule has 2 aromatic heterocycles. The van der Waals surface area contributed by atoms with E-state index >= 15 is 0 Å². The maximum Gasteiger partial charge on any atom is 0.357 e. The fourth-order valence-corrected chi connectivity index (χ4v) is 1.75. The number of carboxylic acids is 1. The van der Waals surface area contributed by atoms with Crippen molar-refractivity contribution in [2.45, 2.75) is 6.92 Å². The molecule has 1 N–H and O–H groups in total.